The van der Waals surface area contributed by atoms with Gasteiger partial charge in [0.2, 0.25) is 0 Å². The van der Waals surface area contributed by atoms with Crippen LogP contribution in [0.4, 0.5) is 0 Å². The molecule has 0 saturated heterocycles. The predicted molar refractivity (Wildman–Crippen MR) is 110 cm³/mol. The molecule has 1 heterocycles. The highest BCUT2D eigenvalue weighted by atomic mass is 127. The second kappa shape index (κ2) is 12.1. The van der Waals surface area contributed by atoms with Crippen LogP contribution in [-0.2, 0) is 11.2 Å². The molecule has 0 atom stereocenters. The quantitative estimate of drug-likeness (QED) is 0.294. The van der Waals surface area contributed by atoms with Gasteiger partial charge in [-0.25, -0.2) is 0 Å². The van der Waals surface area contributed by atoms with Crippen LogP contribution in [0.5, 0.6) is 5.75 Å². The van der Waals surface area contributed by atoms with Crippen molar-refractivity contribution in [1.82, 2.24) is 10.6 Å². The zero-order valence-electron chi connectivity index (χ0n) is 14.5. The summed E-state index contributed by atoms with van der Waals surface area (Å²) in [5, 5.41) is 6.71. The van der Waals surface area contributed by atoms with E-state index in [1.165, 1.54) is 11.1 Å². The molecule has 2 N–H and O–H groups in total. The van der Waals surface area contributed by atoms with E-state index in [1.54, 1.807) is 14.2 Å². The maximum Gasteiger partial charge on any atom is 0.190 e. The van der Waals surface area contributed by atoms with Crippen molar-refractivity contribution in [2.75, 3.05) is 40.5 Å². The predicted octanol–water partition coefficient (Wildman–Crippen LogP) is 2.76. The summed E-state index contributed by atoms with van der Waals surface area (Å²) in [5.74, 6) is 1.74. The van der Waals surface area contributed by atoms with E-state index in [0.717, 1.165) is 57.3 Å². The summed E-state index contributed by atoms with van der Waals surface area (Å²) in [6.07, 6.45) is 5.23. The van der Waals surface area contributed by atoms with Crippen LogP contribution in [0.1, 0.15) is 18.4 Å². The number of benzene rings is 1. The lowest BCUT2D eigenvalue weighted by molar-refractivity contribution is 0.153. The van der Waals surface area contributed by atoms with E-state index in [-0.39, 0.29) is 24.0 Å². The average Bonchev–Trinajstić information content (AvgIpc) is 2.62. The molecular formula is C18H28IN3O2. The Morgan fingerprint density at radius 3 is 2.46 bits per heavy atom. The van der Waals surface area contributed by atoms with Gasteiger partial charge >= 0.3 is 0 Å². The van der Waals surface area contributed by atoms with E-state index >= 15 is 0 Å². The van der Waals surface area contributed by atoms with Crippen LogP contribution in [0.2, 0.25) is 0 Å². The summed E-state index contributed by atoms with van der Waals surface area (Å²) in [6, 6.07) is 8.16. The van der Waals surface area contributed by atoms with E-state index in [9.17, 15) is 0 Å². The van der Waals surface area contributed by atoms with Crippen LogP contribution < -0.4 is 15.4 Å². The molecule has 1 aromatic rings. The van der Waals surface area contributed by atoms with Gasteiger partial charge < -0.3 is 20.1 Å². The van der Waals surface area contributed by atoms with Crippen molar-refractivity contribution < 1.29 is 9.47 Å². The lowest BCUT2D eigenvalue weighted by atomic mass is 10.1. The van der Waals surface area contributed by atoms with Crippen LogP contribution in [0, 0.1) is 0 Å². The second-order valence-corrected chi connectivity index (χ2v) is 5.46. The van der Waals surface area contributed by atoms with Crippen molar-refractivity contribution in [2.45, 2.75) is 19.3 Å². The smallest absolute Gasteiger partial charge is 0.190 e. The fourth-order valence-corrected chi connectivity index (χ4v) is 2.47. The molecule has 5 nitrogen and oxygen atoms in total. The van der Waals surface area contributed by atoms with Gasteiger partial charge in [0.15, 0.2) is 5.96 Å². The van der Waals surface area contributed by atoms with Crippen molar-refractivity contribution >= 4 is 29.9 Å². The summed E-state index contributed by atoms with van der Waals surface area (Å²) in [5.41, 5.74) is 2.75. The normalized spacial score (nSPS) is 14.4. The number of hydrogen-bond donors (Lipinski definition) is 2. The van der Waals surface area contributed by atoms with Crippen LogP contribution in [-0.4, -0.2) is 46.4 Å². The van der Waals surface area contributed by atoms with E-state index in [1.807, 2.05) is 12.1 Å². The topological polar surface area (TPSA) is 54.9 Å². The molecule has 1 aliphatic rings. The first kappa shape index (κ1) is 20.8. The van der Waals surface area contributed by atoms with Gasteiger partial charge in [-0.05, 0) is 37.0 Å². The summed E-state index contributed by atoms with van der Waals surface area (Å²) >= 11 is 0. The van der Waals surface area contributed by atoms with E-state index in [2.05, 4.69) is 33.8 Å². The second-order valence-electron chi connectivity index (χ2n) is 5.46. The van der Waals surface area contributed by atoms with Gasteiger partial charge in [-0.2, -0.15) is 0 Å². The van der Waals surface area contributed by atoms with E-state index in [4.69, 9.17) is 9.47 Å². The molecule has 0 amide bonds. The molecular weight excluding hydrogens is 417 g/mol. The van der Waals surface area contributed by atoms with Crippen molar-refractivity contribution in [2.24, 2.45) is 4.99 Å². The Morgan fingerprint density at radius 1 is 1.17 bits per heavy atom. The Hall–Kier alpha value is -1.28. The van der Waals surface area contributed by atoms with Gasteiger partial charge in [0.25, 0.3) is 0 Å². The van der Waals surface area contributed by atoms with Crippen LogP contribution >= 0.6 is 24.0 Å². The molecule has 0 saturated carbocycles. The number of nitrogens with zero attached hydrogens (tertiary/aromatic N) is 1. The van der Waals surface area contributed by atoms with Gasteiger partial charge in [-0.15, -0.1) is 24.0 Å². The zero-order valence-corrected chi connectivity index (χ0v) is 16.8. The molecule has 0 aromatic heterocycles. The number of halogens is 1. The molecule has 0 bridgehead atoms. The Labute approximate surface area is 161 Å². The maximum atomic E-state index is 5.32. The highest BCUT2D eigenvalue weighted by molar-refractivity contribution is 14.0. The monoisotopic (exact) mass is 445 g/mol. The summed E-state index contributed by atoms with van der Waals surface area (Å²) in [6.45, 7) is 3.35. The molecule has 1 aliphatic heterocycles. The van der Waals surface area contributed by atoms with Crippen molar-refractivity contribution in [3.8, 4) is 5.75 Å². The van der Waals surface area contributed by atoms with Crippen molar-refractivity contribution in [3.63, 3.8) is 0 Å². The first-order valence-electron chi connectivity index (χ1n) is 8.15. The van der Waals surface area contributed by atoms with E-state index < -0.39 is 0 Å². The van der Waals surface area contributed by atoms with Gasteiger partial charge in [0, 0.05) is 20.1 Å². The Balaban J connectivity index is 0.00000288. The molecule has 0 aliphatic carbocycles. The maximum absolute atomic E-state index is 5.32. The average molecular weight is 445 g/mol. The van der Waals surface area contributed by atoms with E-state index in [0.29, 0.717) is 0 Å². The molecule has 24 heavy (non-hydrogen) atoms. The van der Waals surface area contributed by atoms with Crippen LogP contribution in [0.15, 0.2) is 40.9 Å². The number of rotatable bonds is 7. The molecule has 134 valence electrons. The number of guanidine groups is 1. The molecule has 0 spiro atoms. The first-order chi connectivity index (χ1) is 11.3. The minimum absolute atomic E-state index is 0. The highest BCUT2D eigenvalue weighted by Gasteiger charge is 2.04. The highest BCUT2D eigenvalue weighted by Crippen LogP contribution is 2.11. The number of aliphatic imine (C=N–C) groups is 1. The number of nitrogens with one attached hydrogen (secondary N) is 2. The number of methoxy groups -OCH3 is 1. The zero-order chi connectivity index (χ0) is 16.3. The Kier molecular flexibility index (Phi) is 10.5. The number of ether oxygens (including phenoxy) is 2. The fourth-order valence-electron chi connectivity index (χ4n) is 2.47. The molecule has 0 unspecified atom stereocenters. The lowest BCUT2D eigenvalue weighted by Gasteiger charge is -2.15. The fraction of sp³-hybridized carbons (Fsp3) is 0.500. The molecule has 2 rings (SSSR count). The molecule has 6 heteroatoms. The van der Waals surface area contributed by atoms with Crippen LogP contribution in [0.3, 0.4) is 0 Å². The first-order valence-corrected chi connectivity index (χ1v) is 8.15. The third-order valence-electron chi connectivity index (χ3n) is 3.88. The minimum atomic E-state index is 0. The molecule has 0 fully saturated rings. The van der Waals surface area contributed by atoms with Gasteiger partial charge in [-0.3, -0.25) is 4.99 Å². The Bertz CT molecular complexity index is 530. The van der Waals surface area contributed by atoms with Gasteiger partial charge in [-0.1, -0.05) is 23.8 Å². The Morgan fingerprint density at radius 2 is 1.88 bits per heavy atom. The molecule has 1 aromatic carbocycles. The molecule has 0 radical (unpaired) electrons. The summed E-state index contributed by atoms with van der Waals surface area (Å²) in [4.78, 5) is 4.26. The van der Waals surface area contributed by atoms with Crippen LogP contribution in [0.25, 0.3) is 0 Å². The van der Waals surface area contributed by atoms with Gasteiger partial charge in [0.1, 0.15) is 5.75 Å². The largest absolute Gasteiger partial charge is 0.497 e. The SMILES string of the molecule is CN=C(NCCC1=CCOCC1)NCCc1ccc(OC)cc1.I. The van der Waals surface area contributed by atoms with Gasteiger partial charge in [0.05, 0.1) is 20.3 Å². The summed E-state index contributed by atoms with van der Waals surface area (Å²) in [7, 11) is 3.49. The third-order valence-corrected chi connectivity index (χ3v) is 3.88. The van der Waals surface area contributed by atoms with Crippen molar-refractivity contribution in [3.05, 3.63) is 41.5 Å². The summed E-state index contributed by atoms with van der Waals surface area (Å²) < 4.78 is 10.5. The standard InChI is InChI=1S/C18H27N3O2.HI/c1-19-18(21-12-8-16-9-13-23-14-10-16)20-11-7-15-3-5-17(22-2)6-4-15;/h3-6,9H,7-8,10-14H2,1-2H3,(H2,19,20,21);1H. The number of hydrogen-bond acceptors (Lipinski definition) is 3. The minimum Gasteiger partial charge on any atom is -0.497 e. The third kappa shape index (κ3) is 7.53. The van der Waals surface area contributed by atoms with Crippen molar-refractivity contribution in [1.29, 1.82) is 0 Å². The lowest BCUT2D eigenvalue weighted by Crippen LogP contribution is -2.38.